The average Bonchev–Trinajstić information content (AvgIpc) is 4.06. The van der Waals surface area contributed by atoms with Crippen LogP contribution in [0.15, 0.2) is 48.7 Å². The van der Waals surface area contributed by atoms with Crippen molar-refractivity contribution >= 4 is 44.7 Å². The van der Waals surface area contributed by atoms with Gasteiger partial charge in [-0.05, 0) is 82.4 Å². The molecule has 4 heterocycles. The van der Waals surface area contributed by atoms with Crippen LogP contribution in [0.4, 0.5) is 35.5 Å². The second kappa shape index (κ2) is 17.8. The molecule has 3 aromatic rings. The molecule has 0 radical (unpaired) electrons. The minimum atomic E-state index is -5.00. The van der Waals surface area contributed by atoms with Gasteiger partial charge in [0.25, 0.3) is 5.91 Å². The molecule has 2 aliphatic heterocycles. The third kappa shape index (κ3) is 9.99. The Balaban J connectivity index is 1.27. The van der Waals surface area contributed by atoms with Crippen molar-refractivity contribution in [2.24, 2.45) is 17.8 Å². The van der Waals surface area contributed by atoms with E-state index in [1.165, 1.54) is 19.2 Å². The number of sulfonamides is 1. The summed E-state index contributed by atoms with van der Waals surface area (Å²) in [5, 5.41) is 8.90. The van der Waals surface area contributed by atoms with Gasteiger partial charge in [-0.3, -0.25) is 19.1 Å². The Morgan fingerprint density at radius 1 is 1.03 bits per heavy atom. The number of allylic oxidation sites excluding steroid dienone is 1. The van der Waals surface area contributed by atoms with E-state index in [1.54, 1.807) is 31.2 Å². The summed E-state index contributed by atoms with van der Waals surface area (Å²) in [5.74, 6) is -4.49. The summed E-state index contributed by atoms with van der Waals surface area (Å²) in [4.78, 5) is 62.4. The maximum absolute atomic E-state index is 14.9. The van der Waals surface area contributed by atoms with E-state index < -0.39 is 111 Å². The number of carbonyl (C=O) groups is 4. The molecule has 4 aliphatic rings. The Morgan fingerprint density at radius 3 is 2.37 bits per heavy atom. The largest absolute Gasteiger partial charge is 0.497 e. The fourth-order valence-electron chi connectivity index (χ4n) is 8.48. The minimum Gasteiger partial charge on any atom is -0.497 e. The Morgan fingerprint density at radius 2 is 1.75 bits per heavy atom. The van der Waals surface area contributed by atoms with Crippen molar-refractivity contribution in [3.63, 3.8) is 0 Å². The molecule has 2 aromatic heterocycles. The summed E-state index contributed by atoms with van der Waals surface area (Å²) in [6.45, 7) is 3.04. The number of benzene rings is 1. The van der Waals surface area contributed by atoms with Gasteiger partial charge < -0.3 is 29.7 Å². The number of pyridine rings is 1. The highest BCUT2D eigenvalue weighted by molar-refractivity contribution is 7.91. The highest BCUT2D eigenvalue weighted by Gasteiger charge is 2.64. The van der Waals surface area contributed by atoms with Gasteiger partial charge in [-0.1, -0.05) is 26.0 Å². The summed E-state index contributed by atoms with van der Waals surface area (Å²) in [5.41, 5.74) is -5.89. The van der Waals surface area contributed by atoms with Crippen LogP contribution in [0, 0.1) is 17.8 Å². The molecule has 24 heteroatoms. The monoisotopic (exact) mass is 973 g/mol. The molecule has 3 N–H and O–H groups in total. The number of alkyl carbamates (subject to hydrolysis) is 1. The maximum atomic E-state index is 14.9. The number of aromatic nitrogens is 3. The fraction of sp³-hybridized carbons (Fsp3) is 0.581. The Labute approximate surface area is 380 Å². The van der Waals surface area contributed by atoms with Crippen molar-refractivity contribution in [2.75, 3.05) is 20.3 Å². The molecule has 1 saturated heterocycles. The Hall–Kier alpha value is -5.68. The van der Waals surface area contributed by atoms with Gasteiger partial charge in [0.05, 0.1) is 19.2 Å². The molecular weight excluding hydrogens is 924 g/mol. The van der Waals surface area contributed by atoms with Crippen LogP contribution >= 0.6 is 0 Å². The van der Waals surface area contributed by atoms with Gasteiger partial charge in [-0.25, -0.2) is 27.3 Å². The average molecular weight is 974 g/mol. The highest BCUT2D eigenvalue weighted by Crippen LogP contribution is 2.48. The number of fused-ring (bicyclic) bond motifs is 3. The number of hydrogen-bond donors (Lipinski definition) is 3. The SMILES string of the molecule is COc1ccc2c(OC3CC4C(=O)NC5(C(=O)NS(=O)(=O)C6(CF)CC6)CC5C=CCCC(C)CC(C)C(NC(=O)OC(C)(C)C(F)(F)F)C(=O)N4C3)cc(-n3ccc(C(F)(F)F)n3)nc2c1. The molecule has 16 nitrogen and oxygen atoms in total. The summed E-state index contributed by atoms with van der Waals surface area (Å²) >= 11 is 0. The molecule has 7 atom stereocenters. The van der Waals surface area contributed by atoms with Crippen LogP contribution < -0.4 is 24.8 Å². The third-order valence-electron chi connectivity index (χ3n) is 12.9. The highest BCUT2D eigenvalue weighted by atomic mass is 32.2. The number of nitrogens with zero attached hydrogens (tertiary/aromatic N) is 4. The first kappa shape index (κ1) is 49.2. The standard InChI is InChI=1S/C43H50F7N7O9S/c1-23-8-6-7-9-25-20-41(25,37(60)55-67(62,63)40(22-44)13-14-40)53-35(58)30-18-27(21-56(30)36(59)34(24(2)16-23)52-38(61)66-39(3,4)43(48,49)50)65-31-19-33(57-15-12-32(54-57)42(45,46)47)51-29-17-26(64-5)10-11-28(29)31/h7,9-12,15,17,19,23-25,27,30,34H,6,8,13-14,16,18,20-22H2,1-5H3,(H,52,61)(H,53,58)(H,55,60). The maximum Gasteiger partial charge on any atom is 0.435 e. The van der Waals surface area contributed by atoms with Gasteiger partial charge in [0.15, 0.2) is 11.5 Å². The van der Waals surface area contributed by atoms with Gasteiger partial charge in [0.1, 0.15) is 46.6 Å². The number of amides is 4. The van der Waals surface area contributed by atoms with Crippen molar-refractivity contribution in [1.29, 1.82) is 0 Å². The van der Waals surface area contributed by atoms with E-state index in [9.17, 15) is 58.3 Å². The lowest BCUT2D eigenvalue weighted by atomic mass is 9.88. The first-order chi connectivity index (χ1) is 31.2. The number of halogens is 7. The molecule has 4 amide bonds. The van der Waals surface area contributed by atoms with E-state index in [2.05, 4.69) is 20.7 Å². The zero-order chi connectivity index (χ0) is 49.1. The number of hydrogen-bond acceptors (Lipinski definition) is 11. The molecule has 3 fully saturated rings. The smallest absolute Gasteiger partial charge is 0.435 e. The molecule has 1 aromatic carbocycles. The summed E-state index contributed by atoms with van der Waals surface area (Å²) in [6.07, 6.45) is -7.32. The number of methoxy groups -OCH3 is 1. The second-order valence-electron chi connectivity index (χ2n) is 18.4. The predicted octanol–water partition coefficient (Wildman–Crippen LogP) is 6.07. The van der Waals surface area contributed by atoms with Crippen molar-refractivity contribution in [2.45, 2.75) is 119 Å². The molecule has 67 heavy (non-hydrogen) atoms. The van der Waals surface area contributed by atoms with Gasteiger partial charge in [-0.15, -0.1) is 0 Å². The second-order valence-corrected chi connectivity index (χ2v) is 20.4. The number of rotatable bonds is 10. The molecule has 366 valence electrons. The van der Waals surface area contributed by atoms with E-state index in [0.29, 0.717) is 37.8 Å². The van der Waals surface area contributed by atoms with Gasteiger partial charge in [-0.2, -0.15) is 31.4 Å². The van der Waals surface area contributed by atoms with Gasteiger partial charge in [0.2, 0.25) is 27.4 Å². The van der Waals surface area contributed by atoms with Crippen LogP contribution in [0.2, 0.25) is 0 Å². The van der Waals surface area contributed by atoms with E-state index in [0.717, 1.165) is 21.8 Å². The van der Waals surface area contributed by atoms with E-state index >= 15 is 0 Å². The van der Waals surface area contributed by atoms with Crippen molar-refractivity contribution in [1.82, 2.24) is 35.0 Å². The normalized spacial score (nSPS) is 26.9. The molecular formula is C43H50F7N7O9S. The summed E-state index contributed by atoms with van der Waals surface area (Å²) in [6, 6.07) is 3.49. The molecule has 0 bridgehead atoms. The predicted molar refractivity (Wildman–Crippen MR) is 224 cm³/mol. The van der Waals surface area contributed by atoms with Crippen LogP contribution in [0.1, 0.15) is 78.3 Å². The summed E-state index contributed by atoms with van der Waals surface area (Å²) in [7, 11) is -3.17. The fourth-order valence-corrected chi connectivity index (χ4v) is 9.91. The zero-order valence-corrected chi connectivity index (χ0v) is 37.8. The molecule has 2 aliphatic carbocycles. The first-order valence-corrected chi connectivity index (χ1v) is 23.0. The van der Waals surface area contributed by atoms with Crippen LogP contribution in [0.3, 0.4) is 0 Å². The van der Waals surface area contributed by atoms with Crippen molar-refractivity contribution in [3.05, 3.63) is 54.4 Å². The van der Waals surface area contributed by atoms with E-state index in [-0.39, 0.29) is 55.1 Å². The van der Waals surface area contributed by atoms with E-state index in [1.807, 2.05) is 11.6 Å². The lowest BCUT2D eigenvalue weighted by Gasteiger charge is -2.34. The number of carbonyl (C=O) groups excluding carboxylic acids is 4. The van der Waals surface area contributed by atoms with Gasteiger partial charge >= 0.3 is 18.4 Å². The van der Waals surface area contributed by atoms with E-state index in [4.69, 9.17) is 14.2 Å². The molecule has 2 saturated carbocycles. The molecule has 7 rings (SSSR count). The number of alkyl halides is 7. The quantitative estimate of drug-likeness (QED) is 0.158. The Kier molecular flexibility index (Phi) is 13.1. The van der Waals surface area contributed by atoms with Crippen molar-refractivity contribution in [3.8, 4) is 17.3 Å². The topological polar surface area (TPSA) is 200 Å². The zero-order valence-electron chi connectivity index (χ0n) is 37.0. The minimum absolute atomic E-state index is 0.0115. The summed E-state index contributed by atoms with van der Waals surface area (Å²) < 4.78 is 140. The lowest BCUT2D eigenvalue weighted by Crippen LogP contribution is -2.60. The van der Waals surface area contributed by atoms with Crippen molar-refractivity contribution < 1.29 is 72.5 Å². The molecule has 7 unspecified atom stereocenters. The number of nitrogens with one attached hydrogen (secondary N) is 3. The number of ether oxygens (including phenoxy) is 3. The Bertz CT molecular complexity index is 2570. The third-order valence-corrected chi connectivity index (χ3v) is 15.1. The molecule has 0 spiro atoms. The first-order valence-electron chi connectivity index (χ1n) is 21.5. The van der Waals surface area contributed by atoms with Gasteiger partial charge in [0, 0.05) is 36.1 Å². The lowest BCUT2D eigenvalue weighted by molar-refractivity contribution is -0.244. The van der Waals surface area contributed by atoms with Crippen LogP contribution in [0.5, 0.6) is 11.5 Å². The van der Waals surface area contributed by atoms with Crippen LogP contribution in [-0.2, 0) is 35.3 Å². The van der Waals surface area contributed by atoms with Crippen LogP contribution in [0.25, 0.3) is 16.7 Å². The van der Waals surface area contributed by atoms with Crippen LogP contribution in [-0.4, -0.2) is 112 Å².